The van der Waals surface area contributed by atoms with Crippen LogP contribution in [0.15, 0.2) is 77.7 Å². The molecule has 1 atom stereocenters. The first-order valence-electron chi connectivity index (χ1n) is 11.1. The largest absolute Gasteiger partial charge is 0.497 e. The lowest BCUT2D eigenvalue weighted by Crippen LogP contribution is -2.45. The lowest BCUT2D eigenvalue weighted by atomic mass is 9.89. The summed E-state index contributed by atoms with van der Waals surface area (Å²) < 4.78 is 39.5. The summed E-state index contributed by atoms with van der Waals surface area (Å²) >= 11 is 5.94. The van der Waals surface area contributed by atoms with Gasteiger partial charge in [0.25, 0.3) is 10.0 Å². The quantitative estimate of drug-likeness (QED) is 0.481. The fourth-order valence-electron chi connectivity index (χ4n) is 4.10. The fraction of sp³-hybridized carbons (Fsp3) is 0.269. The number of carbonyl (C=O) groups is 1. The van der Waals surface area contributed by atoms with E-state index in [9.17, 15) is 13.2 Å². The van der Waals surface area contributed by atoms with E-state index >= 15 is 0 Å². The van der Waals surface area contributed by atoms with E-state index in [2.05, 4.69) is 5.32 Å². The van der Waals surface area contributed by atoms with Crippen LogP contribution in [0.3, 0.4) is 0 Å². The van der Waals surface area contributed by atoms with E-state index in [1.807, 2.05) is 19.9 Å². The highest BCUT2D eigenvalue weighted by atomic mass is 35.5. The van der Waals surface area contributed by atoms with Crippen molar-refractivity contribution in [3.05, 3.63) is 83.4 Å². The Bertz CT molecular complexity index is 1310. The van der Waals surface area contributed by atoms with Crippen molar-refractivity contribution in [1.82, 2.24) is 5.32 Å². The standard InChI is InChI=1S/C26H27ClN2O5S/c1-26(2)16-23(22-14-11-20(33-3)15-24(22)34-26)28-25(30)17-29(19-7-5-4-6-8-19)35(31,32)21-12-9-18(27)10-13-21/h4-15,23H,16-17H2,1-3H3,(H,28,30). The molecule has 35 heavy (non-hydrogen) atoms. The van der Waals surface area contributed by atoms with Gasteiger partial charge in [0.15, 0.2) is 0 Å². The first-order valence-corrected chi connectivity index (χ1v) is 12.9. The molecule has 7 nitrogen and oxygen atoms in total. The molecule has 1 unspecified atom stereocenters. The smallest absolute Gasteiger partial charge is 0.264 e. The molecular weight excluding hydrogens is 488 g/mol. The van der Waals surface area contributed by atoms with Gasteiger partial charge in [-0.05, 0) is 62.4 Å². The number of ether oxygens (including phenoxy) is 2. The van der Waals surface area contributed by atoms with Crippen molar-refractivity contribution in [2.75, 3.05) is 18.0 Å². The molecule has 0 saturated heterocycles. The van der Waals surface area contributed by atoms with E-state index in [-0.39, 0.29) is 10.9 Å². The molecule has 4 rings (SSSR count). The van der Waals surface area contributed by atoms with Gasteiger partial charge in [-0.3, -0.25) is 9.10 Å². The summed E-state index contributed by atoms with van der Waals surface area (Å²) in [5.74, 6) is 0.839. The minimum Gasteiger partial charge on any atom is -0.497 e. The van der Waals surface area contributed by atoms with Gasteiger partial charge in [-0.25, -0.2) is 8.42 Å². The number of amides is 1. The molecule has 0 aromatic heterocycles. The number of sulfonamides is 1. The van der Waals surface area contributed by atoms with Crippen LogP contribution < -0.4 is 19.1 Å². The number of hydrogen-bond acceptors (Lipinski definition) is 5. The van der Waals surface area contributed by atoms with Gasteiger partial charge in [0.05, 0.1) is 23.7 Å². The lowest BCUT2D eigenvalue weighted by molar-refractivity contribution is -0.120. The SMILES string of the molecule is COc1ccc2c(c1)OC(C)(C)CC2NC(=O)CN(c1ccccc1)S(=O)(=O)c1ccc(Cl)cc1. The molecule has 1 aliphatic rings. The highest BCUT2D eigenvalue weighted by molar-refractivity contribution is 7.92. The molecule has 3 aromatic carbocycles. The summed E-state index contributed by atoms with van der Waals surface area (Å²) in [4.78, 5) is 13.3. The zero-order chi connectivity index (χ0) is 25.2. The Labute approximate surface area is 210 Å². The predicted molar refractivity (Wildman–Crippen MR) is 136 cm³/mol. The van der Waals surface area contributed by atoms with Crippen molar-refractivity contribution in [3.8, 4) is 11.5 Å². The van der Waals surface area contributed by atoms with Crippen LogP contribution in [0.1, 0.15) is 31.9 Å². The fourth-order valence-corrected chi connectivity index (χ4v) is 5.65. The molecular formula is C26H27ClN2O5S. The second kappa shape index (κ2) is 9.79. The second-order valence-corrected chi connectivity index (χ2v) is 11.2. The van der Waals surface area contributed by atoms with Crippen molar-refractivity contribution in [2.24, 2.45) is 0 Å². The number of para-hydroxylation sites is 1. The van der Waals surface area contributed by atoms with E-state index in [4.69, 9.17) is 21.1 Å². The van der Waals surface area contributed by atoms with Gasteiger partial charge in [0, 0.05) is 23.1 Å². The minimum absolute atomic E-state index is 0.0446. The summed E-state index contributed by atoms with van der Waals surface area (Å²) in [6.07, 6.45) is 0.521. The van der Waals surface area contributed by atoms with Crippen LogP contribution in [0.25, 0.3) is 0 Å². The number of carbonyl (C=O) groups excluding carboxylic acids is 1. The third-order valence-corrected chi connectivity index (χ3v) is 7.79. The van der Waals surface area contributed by atoms with E-state index in [1.54, 1.807) is 49.6 Å². The maximum atomic E-state index is 13.5. The molecule has 0 saturated carbocycles. The van der Waals surface area contributed by atoms with E-state index in [1.165, 1.54) is 24.3 Å². The number of methoxy groups -OCH3 is 1. The third kappa shape index (κ3) is 5.55. The number of benzene rings is 3. The predicted octanol–water partition coefficient (Wildman–Crippen LogP) is 4.96. The zero-order valence-corrected chi connectivity index (χ0v) is 21.3. The molecule has 0 bridgehead atoms. The third-order valence-electron chi connectivity index (χ3n) is 5.75. The van der Waals surface area contributed by atoms with Crippen molar-refractivity contribution in [2.45, 2.75) is 36.8 Å². The van der Waals surface area contributed by atoms with Crippen molar-refractivity contribution in [1.29, 1.82) is 0 Å². The van der Waals surface area contributed by atoms with Gasteiger partial charge in [0.1, 0.15) is 23.6 Å². The van der Waals surface area contributed by atoms with Crippen molar-refractivity contribution < 1.29 is 22.7 Å². The van der Waals surface area contributed by atoms with E-state index in [0.29, 0.717) is 28.6 Å². The monoisotopic (exact) mass is 514 g/mol. The molecule has 0 fully saturated rings. The Balaban J connectivity index is 1.63. The minimum atomic E-state index is -4.03. The summed E-state index contributed by atoms with van der Waals surface area (Å²) in [6.45, 7) is 3.49. The average Bonchev–Trinajstić information content (AvgIpc) is 2.82. The number of hydrogen-bond donors (Lipinski definition) is 1. The molecule has 0 spiro atoms. The van der Waals surface area contributed by atoms with Gasteiger partial charge in [-0.1, -0.05) is 29.8 Å². The molecule has 1 amide bonds. The van der Waals surface area contributed by atoms with E-state index < -0.39 is 28.1 Å². The summed E-state index contributed by atoms with van der Waals surface area (Å²) in [7, 11) is -2.45. The molecule has 1 aliphatic heterocycles. The Morgan fingerprint density at radius 1 is 1.11 bits per heavy atom. The summed E-state index contributed by atoms with van der Waals surface area (Å²) in [5, 5.41) is 3.44. The van der Waals surface area contributed by atoms with Crippen LogP contribution in [0.5, 0.6) is 11.5 Å². The number of rotatable bonds is 7. The lowest BCUT2D eigenvalue weighted by Gasteiger charge is -2.38. The average molecular weight is 515 g/mol. The van der Waals surface area contributed by atoms with Gasteiger partial charge in [0.2, 0.25) is 5.91 Å². The van der Waals surface area contributed by atoms with Gasteiger partial charge >= 0.3 is 0 Å². The topological polar surface area (TPSA) is 84.9 Å². The van der Waals surface area contributed by atoms with Gasteiger partial charge in [-0.2, -0.15) is 0 Å². The van der Waals surface area contributed by atoms with Gasteiger partial charge < -0.3 is 14.8 Å². The van der Waals surface area contributed by atoms with E-state index in [0.717, 1.165) is 9.87 Å². The number of nitrogens with zero attached hydrogens (tertiary/aromatic N) is 1. The Morgan fingerprint density at radius 3 is 2.46 bits per heavy atom. The van der Waals surface area contributed by atoms with Gasteiger partial charge in [-0.15, -0.1) is 0 Å². The van der Waals surface area contributed by atoms with Crippen LogP contribution in [-0.2, 0) is 14.8 Å². The van der Waals surface area contributed by atoms with Crippen LogP contribution in [0, 0.1) is 0 Å². The van der Waals surface area contributed by atoms with Crippen LogP contribution in [-0.4, -0.2) is 33.6 Å². The molecule has 1 N–H and O–H groups in total. The Morgan fingerprint density at radius 2 is 1.80 bits per heavy atom. The number of nitrogens with one attached hydrogen (secondary N) is 1. The molecule has 1 heterocycles. The Kier molecular flexibility index (Phi) is 6.96. The first kappa shape index (κ1) is 24.9. The highest BCUT2D eigenvalue weighted by Crippen LogP contribution is 2.41. The van der Waals surface area contributed by atoms with Crippen LogP contribution in [0.4, 0.5) is 5.69 Å². The normalized spacial score (nSPS) is 16.5. The summed E-state index contributed by atoms with van der Waals surface area (Å²) in [6, 6.07) is 19.5. The van der Waals surface area contributed by atoms with Crippen molar-refractivity contribution >= 4 is 33.2 Å². The molecule has 184 valence electrons. The van der Waals surface area contributed by atoms with Crippen LogP contribution >= 0.6 is 11.6 Å². The van der Waals surface area contributed by atoms with Crippen molar-refractivity contribution in [3.63, 3.8) is 0 Å². The summed E-state index contributed by atoms with van der Waals surface area (Å²) in [5.41, 5.74) is 0.659. The number of anilines is 1. The highest BCUT2D eigenvalue weighted by Gasteiger charge is 2.36. The molecule has 3 aromatic rings. The zero-order valence-electron chi connectivity index (χ0n) is 19.7. The maximum absolute atomic E-state index is 13.5. The van der Waals surface area contributed by atoms with Crippen LogP contribution in [0.2, 0.25) is 5.02 Å². The first-order chi connectivity index (χ1) is 16.6. The molecule has 9 heteroatoms. The number of halogens is 1. The maximum Gasteiger partial charge on any atom is 0.264 e. The second-order valence-electron chi connectivity index (χ2n) is 8.89. The Hall–Kier alpha value is -3.23. The number of fused-ring (bicyclic) bond motifs is 1. The molecule has 0 radical (unpaired) electrons. The molecule has 0 aliphatic carbocycles.